The molecule has 2 bridgehead atoms. The summed E-state index contributed by atoms with van der Waals surface area (Å²) in [5.41, 5.74) is 1.13. The quantitative estimate of drug-likeness (QED) is 0.410. The SMILES string of the molecule is CC1(C)[C@H]2C[C@@H]1[C@@H](C/C=C\CCCC(=O)O)[C@H](NC(=O)c1csc3ccccc13)C2. The first kappa shape index (κ1) is 21.1. The molecule has 1 heterocycles. The number of carbonyl (C=O) groups excluding carboxylic acids is 1. The number of carboxylic acid groups (broad SMARTS) is 1. The number of carboxylic acids is 1. The molecule has 4 nitrogen and oxygen atoms in total. The Balaban J connectivity index is 1.43. The van der Waals surface area contributed by atoms with Crippen LogP contribution in [0.4, 0.5) is 0 Å². The molecule has 160 valence electrons. The van der Waals surface area contributed by atoms with Crippen LogP contribution in [-0.2, 0) is 4.79 Å². The molecule has 1 amide bonds. The molecule has 2 aromatic rings. The van der Waals surface area contributed by atoms with Crippen LogP contribution < -0.4 is 5.32 Å². The van der Waals surface area contributed by atoms with Crippen molar-refractivity contribution >= 4 is 33.3 Å². The van der Waals surface area contributed by atoms with Crippen molar-refractivity contribution in [3.05, 3.63) is 47.4 Å². The smallest absolute Gasteiger partial charge is 0.303 e. The first-order valence-corrected chi connectivity index (χ1v) is 11.9. The summed E-state index contributed by atoms with van der Waals surface area (Å²) in [6.07, 6.45) is 9.29. The van der Waals surface area contributed by atoms with E-state index in [0.29, 0.717) is 29.6 Å². The number of nitrogens with one attached hydrogen (secondary N) is 1. The van der Waals surface area contributed by atoms with Gasteiger partial charge in [-0.15, -0.1) is 11.3 Å². The number of carbonyl (C=O) groups is 2. The molecule has 1 aromatic carbocycles. The second-order valence-electron chi connectivity index (χ2n) is 9.48. The molecule has 3 aliphatic rings. The summed E-state index contributed by atoms with van der Waals surface area (Å²) in [5, 5.41) is 15.2. The van der Waals surface area contributed by atoms with Crippen LogP contribution in [0, 0.1) is 23.2 Å². The van der Waals surface area contributed by atoms with Crippen molar-refractivity contribution in [2.75, 3.05) is 0 Å². The van der Waals surface area contributed by atoms with Gasteiger partial charge in [0, 0.05) is 27.9 Å². The molecule has 0 radical (unpaired) electrons. The second-order valence-corrected chi connectivity index (χ2v) is 10.4. The maximum atomic E-state index is 13.1. The van der Waals surface area contributed by atoms with Gasteiger partial charge in [0.2, 0.25) is 0 Å². The van der Waals surface area contributed by atoms with Gasteiger partial charge >= 0.3 is 5.97 Å². The summed E-state index contributed by atoms with van der Waals surface area (Å²) in [6, 6.07) is 8.29. The number of hydrogen-bond acceptors (Lipinski definition) is 3. The number of benzene rings is 1. The fourth-order valence-electron chi connectivity index (χ4n) is 5.58. The highest BCUT2D eigenvalue weighted by molar-refractivity contribution is 7.17. The average Bonchev–Trinajstić information content (AvgIpc) is 3.15. The van der Waals surface area contributed by atoms with E-state index in [9.17, 15) is 9.59 Å². The molecule has 3 saturated carbocycles. The van der Waals surface area contributed by atoms with E-state index < -0.39 is 5.97 Å². The molecule has 0 unspecified atom stereocenters. The minimum Gasteiger partial charge on any atom is -0.481 e. The monoisotopic (exact) mass is 425 g/mol. The summed E-state index contributed by atoms with van der Waals surface area (Å²) in [4.78, 5) is 23.8. The highest BCUT2D eigenvalue weighted by atomic mass is 32.1. The van der Waals surface area contributed by atoms with Crippen LogP contribution >= 0.6 is 11.3 Å². The van der Waals surface area contributed by atoms with Crippen LogP contribution in [0.2, 0.25) is 0 Å². The third-order valence-electron chi connectivity index (χ3n) is 7.50. The lowest BCUT2D eigenvalue weighted by atomic mass is 9.44. The first-order valence-electron chi connectivity index (χ1n) is 11.0. The van der Waals surface area contributed by atoms with E-state index in [1.807, 2.05) is 23.6 Å². The highest BCUT2D eigenvalue weighted by Gasteiger charge is 2.57. The molecule has 30 heavy (non-hydrogen) atoms. The van der Waals surface area contributed by atoms with Gasteiger partial charge in [-0.25, -0.2) is 0 Å². The van der Waals surface area contributed by atoms with Crippen molar-refractivity contribution in [3.63, 3.8) is 0 Å². The molecule has 0 aliphatic heterocycles. The average molecular weight is 426 g/mol. The van der Waals surface area contributed by atoms with Gasteiger partial charge in [-0.1, -0.05) is 44.2 Å². The lowest BCUT2D eigenvalue weighted by Crippen LogP contribution is -2.61. The zero-order chi connectivity index (χ0) is 21.3. The molecule has 0 saturated heterocycles. The van der Waals surface area contributed by atoms with Gasteiger partial charge in [0.25, 0.3) is 5.91 Å². The van der Waals surface area contributed by atoms with Crippen LogP contribution in [0.5, 0.6) is 0 Å². The predicted octanol–water partition coefficient (Wildman–Crippen LogP) is 5.88. The summed E-state index contributed by atoms with van der Waals surface area (Å²) < 4.78 is 1.15. The number of thiophene rings is 1. The third-order valence-corrected chi connectivity index (χ3v) is 8.46. The zero-order valence-electron chi connectivity index (χ0n) is 17.8. The second kappa shape index (κ2) is 8.54. The van der Waals surface area contributed by atoms with Gasteiger partial charge in [0.1, 0.15) is 0 Å². The van der Waals surface area contributed by atoms with Gasteiger partial charge in [-0.3, -0.25) is 9.59 Å². The normalized spacial score (nSPS) is 27.1. The molecule has 0 spiro atoms. The molecule has 5 heteroatoms. The number of allylic oxidation sites excluding steroid dienone is 2. The van der Waals surface area contributed by atoms with Crippen molar-refractivity contribution in [1.29, 1.82) is 0 Å². The van der Waals surface area contributed by atoms with Crippen LogP contribution in [0.3, 0.4) is 0 Å². The molecule has 5 rings (SSSR count). The highest BCUT2D eigenvalue weighted by Crippen LogP contribution is 2.62. The van der Waals surface area contributed by atoms with E-state index in [-0.39, 0.29) is 18.4 Å². The third kappa shape index (κ3) is 4.04. The summed E-state index contributed by atoms with van der Waals surface area (Å²) >= 11 is 1.62. The van der Waals surface area contributed by atoms with Crippen molar-refractivity contribution in [2.24, 2.45) is 23.2 Å². The van der Waals surface area contributed by atoms with Gasteiger partial charge in [0.15, 0.2) is 0 Å². The van der Waals surface area contributed by atoms with Gasteiger partial charge in [-0.05, 0) is 61.3 Å². The van der Waals surface area contributed by atoms with Crippen LogP contribution in [-0.4, -0.2) is 23.0 Å². The predicted molar refractivity (Wildman–Crippen MR) is 122 cm³/mol. The van der Waals surface area contributed by atoms with Crippen molar-refractivity contribution < 1.29 is 14.7 Å². The van der Waals surface area contributed by atoms with E-state index in [1.165, 1.54) is 6.42 Å². The number of aliphatic carboxylic acids is 1. The maximum absolute atomic E-state index is 13.1. The van der Waals surface area contributed by atoms with Gasteiger partial charge in [-0.2, -0.15) is 0 Å². The number of fused-ring (bicyclic) bond motifs is 3. The number of unbranched alkanes of at least 4 members (excludes halogenated alkanes) is 1. The summed E-state index contributed by atoms with van der Waals surface area (Å²) in [6.45, 7) is 4.75. The van der Waals surface area contributed by atoms with Crippen LogP contribution in [0.25, 0.3) is 10.1 Å². The Morgan fingerprint density at radius 2 is 2.03 bits per heavy atom. The zero-order valence-corrected chi connectivity index (χ0v) is 18.6. The Bertz CT molecular complexity index is 960. The molecular weight excluding hydrogens is 394 g/mol. The number of amides is 1. The van der Waals surface area contributed by atoms with E-state index in [4.69, 9.17) is 5.11 Å². The Morgan fingerprint density at radius 3 is 2.80 bits per heavy atom. The molecule has 3 aliphatic carbocycles. The lowest BCUT2D eigenvalue weighted by Gasteiger charge is -2.62. The minimum atomic E-state index is -0.735. The van der Waals surface area contributed by atoms with E-state index in [2.05, 4.69) is 37.4 Å². The van der Waals surface area contributed by atoms with Gasteiger partial charge < -0.3 is 10.4 Å². The van der Waals surface area contributed by atoms with Crippen molar-refractivity contribution in [2.45, 2.75) is 58.4 Å². The Labute approximate surface area is 182 Å². The molecule has 1 aromatic heterocycles. The first-order chi connectivity index (χ1) is 14.4. The summed E-state index contributed by atoms with van der Waals surface area (Å²) in [5.74, 6) is 1.07. The van der Waals surface area contributed by atoms with E-state index >= 15 is 0 Å². The standard InChI is InChI=1S/C25H31NO3S/c1-25(2)16-13-20(25)18(10-5-3-4-6-12-23(27)28)21(14-16)26-24(29)19-15-30-22-11-8-7-9-17(19)22/h3,5,7-9,11,15-16,18,20-21H,4,6,10,12-14H2,1-2H3,(H,26,29)(H,27,28)/b5-3-/t16-,18+,20+,21+/m0/s1. The summed E-state index contributed by atoms with van der Waals surface area (Å²) in [7, 11) is 0. The number of hydrogen-bond donors (Lipinski definition) is 2. The Kier molecular flexibility index (Phi) is 6.01. The molecular formula is C25H31NO3S. The molecule has 3 fully saturated rings. The van der Waals surface area contributed by atoms with E-state index in [1.54, 1.807) is 11.3 Å². The fourth-order valence-corrected chi connectivity index (χ4v) is 6.52. The minimum absolute atomic E-state index is 0.0481. The van der Waals surface area contributed by atoms with Crippen LogP contribution in [0.15, 0.2) is 41.8 Å². The van der Waals surface area contributed by atoms with Crippen molar-refractivity contribution in [3.8, 4) is 0 Å². The molecule has 2 N–H and O–H groups in total. The molecule has 4 atom stereocenters. The Morgan fingerprint density at radius 1 is 1.23 bits per heavy atom. The largest absolute Gasteiger partial charge is 0.481 e. The topological polar surface area (TPSA) is 66.4 Å². The number of rotatable bonds is 8. The maximum Gasteiger partial charge on any atom is 0.303 e. The van der Waals surface area contributed by atoms with Crippen molar-refractivity contribution in [1.82, 2.24) is 5.32 Å². The fraction of sp³-hybridized carbons (Fsp3) is 0.520. The Hall–Kier alpha value is -2.14. The lowest BCUT2D eigenvalue weighted by molar-refractivity contribution is -0.137. The van der Waals surface area contributed by atoms with Gasteiger partial charge in [0.05, 0.1) is 5.56 Å². The van der Waals surface area contributed by atoms with E-state index in [0.717, 1.165) is 34.9 Å². The van der Waals surface area contributed by atoms with Crippen LogP contribution in [0.1, 0.15) is 62.7 Å².